The van der Waals surface area contributed by atoms with Crippen LogP contribution in [-0.4, -0.2) is 26.5 Å². The molecule has 0 amide bonds. The first-order valence-corrected chi connectivity index (χ1v) is 6.72. The maximum absolute atomic E-state index is 9.44. The van der Waals surface area contributed by atoms with Crippen molar-refractivity contribution in [1.82, 2.24) is 4.98 Å². The zero-order valence-corrected chi connectivity index (χ0v) is 10.2. The Labute approximate surface area is 93.6 Å². The van der Waals surface area contributed by atoms with Crippen LogP contribution in [0.3, 0.4) is 0 Å². The van der Waals surface area contributed by atoms with E-state index in [4.69, 9.17) is 14.9 Å². The smallest absolute Gasteiger partial charge is 0.323 e. The highest BCUT2D eigenvalue weighted by Gasteiger charge is 1.93. The number of aliphatic hydroxyl groups is 1. The molecule has 0 aromatic carbocycles. The molecule has 0 aliphatic heterocycles. The predicted octanol–water partition coefficient (Wildman–Crippen LogP) is 0.383. The number of rotatable bonds is 4. The second-order valence-electron chi connectivity index (χ2n) is 2.47. The molecule has 0 fully saturated rings. The van der Waals surface area contributed by atoms with Gasteiger partial charge in [-0.25, -0.2) is 4.31 Å². The minimum atomic E-state index is -3.20. The zero-order valence-electron chi connectivity index (χ0n) is 8.24. The molecule has 1 aromatic heterocycles. The van der Waals surface area contributed by atoms with Gasteiger partial charge in [0.15, 0.2) is 0 Å². The third-order valence-corrected chi connectivity index (χ3v) is 2.69. The molecule has 0 aliphatic rings. The van der Waals surface area contributed by atoms with Gasteiger partial charge in [-0.2, -0.15) is 0 Å². The number of pyridine rings is 1. The lowest BCUT2D eigenvalue weighted by Crippen LogP contribution is -1.89. The summed E-state index contributed by atoms with van der Waals surface area (Å²) in [6.45, 7) is 0.200. The number of aliphatic hydroxyl groups excluding tert-OH is 1. The van der Waals surface area contributed by atoms with E-state index >= 15 is 0 Å². The monoisotopic (exact) mass is 269 g/mol. The lowest BCUT2D eigenvalue weighted by molar-refractivity contribution is 0.299. The molecule has 0 saturated carbocycles. The van der Waals surface area contributed by atoms with Crippen molar-refractivity contribution in [3.63, 3.8) is 0 Å². The molecule has 1 rings (SSSR count). The van der Waals surface area contributed by atoms with Crippen molar-refractivity contribution < 1.29 is 28.3 Å². The average molecular weight is 269 g/mol. The summed E-state index contributed by atoms with van der Waals surface area (Å²) in [5.74, 6) is 0. The van der Waals surface area contributed by atoms with Crippen LogP contribution in [0.4, 0.5) is 0 Å². The molecule has 9 heteroatoms. The Bertz CT molecular complexity index is 321. The fourth-order valence-corrected chi connectivity index (χ4v) is 1.35. The van der Waals surface area contributed by atoms with E-state index in [0.717, 1.165) is 5.56 Å². The first kappa shape index (κ1) is 15.4. The van der Waals surface area contributed by atoms with Crippen LogP contribution in [0.15, 0.2) is 24.5 Å². The van der Waals surface area contributed by atoms with Gasteiger partial charge in [0.1, 0.15) is 0 Å². The van der Waals surface area contributed by atoms with Crippen LogP contribution in [0.1, 0.15) is 5.56 Å². The Morgan fingerprint density at radius 3 is 2.25 bits per heavy atom. The lowest BCUT2D eigenvalue weighted by atomic mass is 10.2. The van der Waals surface area contributed by atoms with Crippen LogP contribution >= 0.6 is 16.5 Å². The minimum absolute atomic E-state index is 0.200. The van der Waals surface area contributed by atoms with Crippen LogP contribution in [0.5, 0.6) is 0 Å². The first-order valence-electron chi connectivity index (χ1n) is 4.19. The van der Waals surface area contributed by atoms with Gasteiger partial charge < -0.3 is 14.9 Å². The van der Waals surface area contributed by atoms with Gasteiger partial charge in [0.05, 0.1) is 0 Å². The van der Waals surface area contributed by atoms with Gasteiger partial charge in [-0.1, -0.05) is 6.07 Å². The molecule has 0 saturated heterocycles. The second kappa shape index (κ2) is 9.66. The van der Waals surface area contributed by atoms with Crippen molar-refractivity contribution in [2.75, 3.05) is 6.61 Å². The van der Waals surface area contributed by atoms with Gasteiger partial charge in [0.25, 0.3) is 0 Å². The normalized spacial score (nSPS) is 13.4. The van der Waals surface area contributed by atoms with E-state index in [2.05, 4.69) is 9.29 Å². The highest BCUT2D eigenvalue weighted by molar-refractivity contribution is 7.46. The van der Waals surface area contributed by atoms with Crippen LogP contribution in [0.25, 0.3) is 0 Å². The molecule has 7 nitrogen and oxygen atoms in total. The van der Waals surface area contributed by atoms with Crippen LogP contribution in [0, 0.1) is 0 Å². The Morgan fingerprint density at radius 2 is 1.94 bits per heavy atom. The largest absolute Gasteiger partial charge is 0.396 e. The highest BCUT2D eigenvalue weighted by Crippen LogP contribution is 2.30. The quantitative estimate of drug-likeness (QED) is 0.676. The van der Waals surface area contributed by atoms with Gasteiger partial charge in [0, 0.05) is 19.0 Å². The average Bonchev–Trinajstić information content (AvgIpc) is 2.18. The van der Waals surface area contributed by atoms with E-state index < -0.39 is 16.5 Å². The van der Waals surface area contributed by atoms with E-state index in [0.29, 0.717) is 6.42 Å². The van der Waals surface area contributed by atoms with Crippen molar-refractivity contribution in [2.45, 2.75) is 6.42 Å². The maximum Gasteiger partial charge on any atom is 0.323 e. The summed E-state index contributed by atoms with van der Waals surface area (Å²) in [6.07, 6.45) is 4.19. The van der Waals surface area contributed by atoms with E-state index in [-0.39, 0.29) is 6.61 Å². The molecule has 3 N–H and O–H groups in total. The van der Waals surface area contributed by atoms with E-state index in [1.54, 1.807) is 12.4 Å². The SMILES string of the molecule is O=[PH](O)O[PH](=O)O.OCCc1cccnc1. The number of aromatic nitrogens is 1. The molecule has 1 heterocycles. The Kier molecular flexibility index (Phi) is 9.33. The third-order valence-electron chi connectivity index (χ3n) is 1.30. The molecule has 1 aromatic rings. The lowest BCUT2D eigenvalue weighted by Gasteiger charge is -1.92. The van der Waals surface area contributed by atoms with Gasteiger partial charge in [0.2, 0.25) is 0 Å². The molecule has 0 spiro atoms. The second-order valence-corrected chi connectivity index (χ2v) is 4.35. The fraction of sp³-hybridized carbons (Fsp3) is 0.286. The third kappa shape index (κ3) is 9.98. The summed E-state index contributed by atoms with van der Waals surface area (Å²) in [5.41, 5.74) is 1.08. The highest BCUT2D eigenvalue weighted by atomic mass is 31.2. The van der Waals surface area contributed by atoms with Crippen molar-refractivity contribution >= 4 is 16.5 Å². The molecule has 0 bridgehead atoms. The minimum Gasteiger partial charge on any atom is -0.396 e. The molecular weight excluding hydrogens is 256 g/mol. The van der Waals surface area contributed by atoms with Gasteiger partial charge in [-0.15, -0.1) is 0 Å². The van der Waals surface area contributed by atoms with Crippen molar-refractivity contribution in [2.24, 2.45) is 0 Å². The summed E-state index contributed by atoms with van der Waals surface area (Å²) < 4.78 is 22.3. The van der Waals surface area contributed by atoms with Gasteiger partial charge in [-0.3, -0.25) is 14.1 Å². The predicted molar refractivity (Wildman–Crippen MR) is 58.6 cm³/mol. The topological polar surface area (TPSA) is 117 Å². The van der Waals surface area contributed by atoms with Crippen LogP contribution in [-0.2, 0) is 19.9 Å². The van der Waals surface area contributed by atoms with Crippen molar-refractivity contribution in [3.05, 3.63) is 30.1 Å². The summed E-state index contributed by atoms with van der Waals surface area (Å²) in [4.78, 5) is 19.3. The van der Waals surface area contributed by atoms with E-state index in [1.165, 1.54) is 0 Å². The molecule has 0 radical (unpaired) electrons. The Morgan fingerprint density at radius 1 is 1.31 bits per heavy atom. The summed E-state index contributed by atoms with van der Waals surface area (Å²) >= 11 is 0. The number of hydrogen-bond donors (Lipinski definition) is 3. The van der Waals surface area contributed by atoms with Crippen molar-refractivity contribution in [1.29, 1.82) is 0 Å². The van der Waals surface area contributed by atoms with E-state index in [9.17, 15) is 9.13 Å². The number of nitrogens with zero attached hydrogens (tertiary/aromatic N) is 1. The molecule has 92 valence electrons. The van der Waals surface area contributed by atoms with E-state index in [1.807, 2.05) is 12.1 Å². The molecular formula is C7H13NO6P2. The zero-order chi connectivity index (χ0) is 12.4. The summed E-state index contributed by atoms with van der Waals surface area (Å²) in [5, 5.41) is 8.49. The summed E-state index contributed by atoms with van der Waals surface area (Å²) in [6, 6.07) is 3.81. The standard InChI is InChI=1S/C7H9NO.H4O5P2/c9-5-3-7-2-1-4-8-6-7;1-6(2)5-7(3)4/h1-2,4,6,9H,3,5H2;6-7H,(H,1,2)(H,3,4). The van der Waals surface area contributed by atoms with Crippen molar-refractivity contribution in [3.8, 4) is 0 Å². The first-order chi connectivity index (χ1) is 7.56. The van der Waals surface area contributed by atoms with Crippen LogP contribution < -0.4 is 0 Å². The summed E-state index contributed by atoms with van der Waals surface area (Å²) in [7, 11) is -6.40. The Balaban J connectivity index is 0.000000293. The molecule has 16 heavy (non-hydrogen) atoms. The fourth-order valence-electron chi connectivity index (χ4n) is 0.750. The van der Waals surface area contributed by atoms with Gasteiger partial charge >= 0.3 is 16.5 Å². The molecule has 2 atom stereocenters. The van der Waals surface area contributed by atoms with Crippen LogP contribution in [0.2, 0.25) is 0 Å². The number of hydrogen-bond acceptors (Lipinski definition) is 5. The Hall–Kier alpha value is -0.550. The maximum atomic E-state index is 9.44. The molecule has 0 aliphatic carbocycles. The molecule has 2 unspecified atom stereocenters. The van der Waals surface area contributed by atoms with Gasteiger partial charge in [-0.05, 0) is 18.1 Å².